The van der Waals surface area contributed by atoms with Crippen molar-refractivity contribution in [2.45, 2.75) is 12.8 Å². The average molecular weight is 163 g/mol. The summed E-state index contributed by atoms with van der Waals surface area (Å²) < 4.78 is 1.77. The summed E-state index contributed by atoms with van der Waals surface area (Å²) >= 11 is 0. The SMILES string of the molecule is C#CCCCNc1ccn(C)n1. The van der Waals surface area contributed by atoms with Crippen molar-refractivity contribution in [2.75, 3.05) is 11.9 Å². The van der Waals surface area contributed by atoms with Crippen LogP contribution in [0, 0.1) is 12.3 Å². The molecule has 0 amide bonds. The van der Waals surface area contributed by atoms with Crippen molar-refractivity contribution < 1.29 is 0 Å². The van der Waals surface area contributed by atoms with E-state index in [2.05, 4.69) is 16.3 Å². The second kappa shape index (κ2) is 4.45. The average Bonchev–Trinajstić information content (AvgIpc) is 2.45. The van der Waals surface area contributed by atoms with Crippen LogP contribution in [0.4, 0.5) is 5.82 Å². The number of aryl methyl sites for hydroxylation is 1. The van der Waals surface area contributed by atoms with Crippen molar-refractivity contribution in [2.24, 2.45) is 7.05 Å². The van der Waals surface area contributed by atoms with Crippen LogP contribution in [0.1, 0.15) is 12.8 Å². The summed E-state index contributed by atoms with van der Waals surface area (Å²) in [7, 11) is 1.90. The Balaban J connectivity index is 2.21. The number of unbranched alkanes of at least 4 members (excludes halogenated alkanes) is 1. The summed E-state index contributed by atoms with van der Waals surface area (Å²) in [5.74, 6) is 3.51. The Morgan fingerprint density at radius 1 is 1.75 bits per heavy atom. The van der Waals surface area contributed by atoms with Gasteiger partial charge in [0.05, 0.1) is 0 Å². The third-order valence-electron chi connectivity index (χ3n) is 1.52. The largest absolute Gasteiger partial charge is 0.369 e. The molecule has 3 heteroatoms. The van der Waals surface area contributed by atoms with E-state index in [4.69, 9.17) is 6.42 Å². The molecule has 0 bridgehead atoms. The molecule has 12 heavy (non-hydrogen) atoms. The highest BCUT2D eigenvalue weighted by atomic mass is 15.3. The molecule has 0 atom stereocenters. The van der Waals surface area contributed by atoms with E-state index < -0.39 is 0 Å². The number of hydrogen-bond donors (Lipinski definition) is 1. The van der Waals surface area contributed by atoms with Gasteiger partial charge in [-0.3, -0.25) is 4.68 Å². The van der Waals surface area contributed by atoms with Crippen molar-refractivity contribution in [1.82, 2.24) is 9.78 Å². The minimum absolute atomic E-state index is 0.819. The van der Waals surface area contributed by atoms with Gasteiger partial charge in [-0.05, 0) is 6.42 Å². The van der Waals surface area contributed by atoms with E-state index in [1.54, 1.807) is 4.68 Å². The van der Waals surface area contributed by atoms with Gasteiger partial charge in [-0.2, -0.15) is 5.10 Å². The Labute approximate surface area is 72.8 Å². The zero-order valence-electron chi connectivity index (χ0n) is 7.25. The first-order chi connectivity index (χ1) is 5.83. The lowest BCUT2D eigenvalue weighted by atomic mass is 10.3. The Bertz CT molecular complexity index is 270. The summed E-state index contributed by atoms with van der Waals surface area (Å²) in [5, 5.41) is 7.33. The fraction of sp³-hybridized carbons (Fsp3) is 0.444. The quantitative estimate of drug-likeness (QED) is 0.534. The number of hydrogen-bond acceptors (Lipinski definition) is 2. The third-order valence-corrected chi connectivity index (χ3v) is 1.52. The Morgan fingerprint density at radius 2 is 2.58 bits per heavy atom. The summed E-state index contributed by atoms with van der Waals surface area (Å²) in [5.41, 5.74) is 0. The minimum Gasteiger partial charge on any atom is -0.369 e. The molecule has 3 nitrogen and oxygen atoms in total. The molecule has 0 saturated heterocycles. The topological polar surface area (TPSA) is 29.9 Å². The van der Waals surface area contributed by atoms with Crippen LogP contribution in [0.5, 0.6) is 0 Å². The fourth-order valence-electron chi connectivity index (χ4n) is 0.916. The summed E-state index contributed by atoms with van der Waals surface area (Å²) in [6.07, 6.45) is 8.83. The van der Waals surface area contributed by atoms with Gasteiger partial charge in [-0.1, -0.05) is 0 Å². The van der Waals surface area contributed by atoms with Gasteiger partial charge < -0.3 is 5.32 Å². The standard InChI is InChI=1S/C9H13N3/c1-3-4-5-7-10-9-6-8-12(2)11-9/h1,6,8H,4-5,7H2,2H3,(H,10,11). The molecular formula is C9H13N3. The van der Waals surface area contributed by atoms with Gasteiger partial charge in [-0.15, -0.1) is 12.3 Å². The second-order valence-electron chi connectivity index (χ2n) is 2.61. The lowest BCUT2D eigenvalue weighted by Gasteiger charge is -1.98. The van der Waals surface area contributed by atoms with Gasteiger partial charge in [0.15, 0.2) is 0 Å². The van der Waals surface area contributed by atoms with Gasteiger partial charge in [0.25, 0.3) is 0 Å². The fourth-order valence-corrected chi connectivity index (χ4v) is 0.916. The van der Waals surface area contributed by atoms with Crippen LogP contribution in [0.3, 0.4) is 0 Å². The molecule has 64 valence electrons. The molecule has 0 aromatic carbocycles. The summed E-state index contributed by atoms with van der Waals surface area (Å²) in [4.78, 5) is 0. The first kappa shape index (κ1) is 8.66. The molecule has 0 spiro atoms. The van der Waals surface area contributed by atoms with Gasteiger partial charge in [-0.25, -0.2) is 0 Å². The molecule has 1 N–H and O–H groups in total. The van der Waals surface area contributed by atoms with Crippen molar-refractivity contribution in [3.63, 3.8) is 0 Å². The van der Waals surface area contributed by atoms with E-state index >= 15 is 0 Å². The molecule has 0 radical (unpaired) electrons. The van der Waals surface area contributed by atoms with E-state index in [0.717, 1.165) is 25.2 Å². The predicted octanol–water partition coefficient (Wildman–Crippen LogP) is 1.25. The van der Waals surface area contributed by atoms with E-state index in [-0.39, 0.29) is 0 Å². The van der Waals surface area contributed by atoms with Crippen molar-refractivity contribution in [3.8, 4) is 12.3 Å². The number of nitrogens with zero attached hydrogens (tertiary/aromatic N) is 2. The molecule has 0 fully saturated rings. The molecule has 1 rings (SSSR count). The van der Waals surface area contributed by atoms with Gasteiger partial charge in [0, 0.05) is 32.3 Å². The third kappa shape index (κ3) is 2.67. The molecule has 1 heterocycles. The number of aromatic nitrogens is 2. The highest BCUT2D eigenvalue weighted by Gasteiger charge is 1.92. The Morgan fingerprint density at radius 3 is 3.17 bits per heavy atom. The lowest BCUT2D eigenvalue weighted by Crippen LogP contribution is -2.02. The number of rotatable bonds is 4. The first-order valence-corrected chi connectivity index (χ1v) is 4.00. The van der Waals surface area contributed by atoms with Crippen LogP contribution in [-0.2, 0) is 7.05 Å². The van der Waals surface area contributed by atoms with Crippen LogP contribution in [0.15, 0.2) is 12.3 Å². The number of anilines is 1. The molecule has 0 aliphatic heterocycles. The first-order valence-electron chi connectivity index (χ1n) is 4.00. The Kier molecular flexibility index (Phi) is 3.21. The maximum Gasteiger partial charge on any atom is 0.147 e. The van der Waals surface area contributed by atoms with E-state index in [1.165, 1.54) is 0 Å². The smallest absolute Gasteiger partial charge is 0.147 e. The van der Waals surface area contributed by atoms with Crippen molar-refractivity contribution in [1.29, 1.82) is 0 Å². The van der Waals surface area contributed by atoms with Crippen molar-refractivity contribution in [3.05, 3.63) is 12.3 Å². The Hall–Kier alpha value is -1.43. The van der Waals surface area contributed by atoms with E-state index in [1.807, 2.05) is 19.3 Å². The molecule has 0 saturated carbocycles. The highest BCUT2D eigenvalue weighted by molar-refractivity contribution is 5.31. The van der Waals surface area contributed by atoms with Crippen LogP contribution in [0.25, 0.3) is 0 Å². The summed E-state index contributed by atoms with van der Waals surface area (Å²) in [6.45, 7) is 0.890. The second-order valence-corrected chi connectivity index (χ2v) is 2.61. The molecular weight excluding hydrogens is 150 g/mol. The molecule has 1 aromatic heterocycles. The van der Waals surface area contributed by atoms with Crippen molar-refractivity contribution >= 4 is 5.82 Å². The number of nitrogens with one attached hydrogen (secondary N) is 1. The minimum atomic E-state index is 0.819. The predicted molar refractivity (Wildman–Crippen MR) is 49.8 cm³/mol. The maximum atomic E-state index is 5.11. The number of terminal acetylenes is 1. The van der Waals surface area contributed by atoms with Crippen LogP contribution < -0.4 is 5.32 Å². The molecule has 0 unspecified atom stereocenters. The van der Waals surface area contributed by atoms with Gasteiger partial charge >= 0.3 is 0 Å². The maximum absolute atomic E-state index is 5.11. The van der Waals surface area contributed by atoms with Crippen LogP contribution in [-0.4, -0.2) is 16.3 Å². The van der Waals surface area contributed by atoms with E-state index in [9.17, 15) is 0 Å². The lowest BCUT2D eigenvalue weighted by molar-refractivity contribution is 0.766. The molecule has 1 aromatic rings. The zero-order valence-corrected chi connectivity index (χ0v) is 7.25. The van der Waals surface area contributed by atoms with E-state index in [0.29, 0.717) is 0 Å². The van der Waals surface area contributed by atoms with Crippen LogP contribution >= 0.6 is 0 Å². The summed E-state index contributed by atoms with van der Waals surface area (Å²) in [6, 6.07) is 1.94. The molecule has 0 aliphatic rings. The van der Waals surface area contributed by atoms with Gasteiger partial charge in [0.2, 0.25) is 0 Å². The zero-order chi connectivity index (χ0) is 8.81. The highest BCUT2D eigenvalue weighted by Crippen LogP contribution is 2.00. The normalized spacial score (nSPS) is 9.33. The van der Waals surface area contributed by atoms with Crippen LogP contribution in [0.2, 0.25) is 0 Å². The van der Waals surface area contributed by atoms with Gasteiger partial charge in [0.1, 0.15) is 5.82 Å². The monoisotopic (exact) mass is 163 g/mol. The molecule has 0 aliphatic carbocycles.